The van der Waals surface area contributed by atoms with Crippen molar-refractivity contribution in [3.05, 3.63) is 28.8 Å². The Morgan fingerprint density at radius 1 is 1.40 bits per heavy atom. The molecule has 5 nitrogen and oxygen atoms in total. The first-order valence-electron chi connectivity index (χ1n) is 6.55. The number of aromatic hydroxyl groups is 1. The first-order valence-corrected chi connectivity index (χ1v) is 6.93. The quantitative estimate of drug-likeness (QED) is 0.874. The summed E-state index contributed by atoms with van der Waals surface area (Å²) in [6, 6.07) is 3.84. The molecule has 0 saturated carbocycles. The summed E-state index contributed by atoms with van der Waals surface area (Å²) >= 11 is 5.86. The van der Waals surface area contributed by atoms with Crippen LogP contribution in [0.15, 0.2) is 18.2 Å². The molecule has 0 aliphatic carbocycles. The van der Waals surface area contributed by atoms with Gasteiger partial charge >= 0.3 is 0 Å². The van der Waals surface area contributed by atoms with Gasteiger partial charge in [-0.15, -0.1) is 0 Å². The van der Waals surface area contributed by atoms with Crippen LogP contribution in [0, 0.1) is 0 Å². The van der Waals surface area contributed by atoms with Crippen molar-refractivity contribution in [3.63, 3.8) is 0 Å². The van der Waals surface area contributed by atoms with Gasteiger partial charge in [0.2, 0.25) is 5.91 Å². The van der Waals surface area contributed by atoms with Crippen molar-refractivity contribution in [2.75, 3.05) is 13.6 Å². The minimum Gasteiger partial charge on any atom is -0.507 e. The lowest BCUT2D eigenvalue weighted by molar-refractivity contribution is -0.126. The van der Waals surface area contributed by atoms with Crippen molar-refractivity contribution in [1.29, 1.82) is 0 Å². The van der Waals surface area contributed by atoms with Gasteiger partial charge in [0.05, 0.1) is 5.56 Å². The van der Waals surface area contributed by atoms with E-state index >= 15 is 0 Å². The molecule has 0 aromatic heterocycles. The van der Waals surface area contributed by atoms with E-state index in [1.807, 2.05) is 0 Å². The summed E-state index contributed by atoms with van der Waals surface area (Å²) in [4.78, 5) is 25.9. The number of hydrogen-bond acceptors (Lipinski definition) is 3. The van der Waals surface area contributed by atoms with Crippen molar-refractivity contribution < 1.29 is 14.7 Å². The van der Waals surface area contributed by atoms with Gasteiger partial charge in [0.25, 0.3) is 5.91 Å². The van der Waals surface area contributed by atoms with E-state index in [1.54, 1.807) is 7.05 Å². The number of likely N-dealkylation sites (tertiary alicyclic amines) is 1. The molecule has 108 valence electrons. The van der Waals surface area contributed by atoms with E-state index in [0.29, 0.717) is 18.0 Å². The third-order valence-corrected chi connectivity index (χ3v) is 3.74. The van der Waals surface area contributed by atoms with E-state index in [0.717, 1.165) is 12.8 Å². The van der Waals surface area contributed by atoms with Crippen LogP contribution in [0.5, 0.6) is 5.75 Å². The van der Waals surface area contributed by atoms with Crippen molar-refractivity contribution in [1.82, 2.24) is 10.2 Å². The fourth-order valence-corrected chi connectivity index (χ4v) is 2.62. The van der Waals surface area contributed by atoms with Gasteiger partial charge in [0, 0.05) is 18.6 Å². The number of nitrogens with zero attached hydrogens (tertiary/aromatic N) is 1. The van der Waals surface area contributed by atoms with Crippen LogP contribution >= 0.6 is 11.6 Å². The van der Waals surface area contributed by atoms with E-state index < -0.39 is 6.04 Å². The van der Waals surface area contributed by atoms with Gasteiger partial charge in [0.15, 0.2) is 0 Å². The molecule has 1 unspecified atom stereocenters. The summed E-state index contributed by atoms with van der Waals surface area (Å²) in [7, 11) is 1.55. The lowest BCUT2D eigenvalue weighted by Gasteiger charge is -2.34. The lowest BCUT2D eigenvalue weighted by atomic mass is 10.00. The first kappa shape index (κ1) is 14.7. The third kappa shape index (κ3) is 2.88. The van der Waals surface area contributed by atoms with Crippen LogP contribution in [0.25, 0.3) is 0 Å². The lowest BCUT2D eigenvalue weighted by Crippen LogP contribution is -2.51. The third-order valence-electron chi connectivity index (χ3n) is 3.50. The number of nitrogens with one attached hydrogen (secondary N) is 1. The first-order chi connectivity index (χ1) is 9.54. The average molecular weight is 297 g/mol. The van der Waals surface area contributed by atoms with Crippen LogP contribution in [-0.2, 0) is 4.79 Å². The number of likely N-dealkylation sites (N-methyl/N-ethyl adjacent to an activating group) is 1. The molecule has 2 amide bonds. The number of carbonyl (C=O) groups is 2. The van der Waals surface area contributed by atoms with Crippen molar-refractivity contribution in [3.8, 4) is 5.75 Å². The monoisotopic (exact) mass is 296 g/mol. The van der Waals surface area contributed by atoms with Gasteiger partial charge in [-0.1, -0.05) is 11.6 Å². The molecule has 2 N–H and O–H groups in total. The Kier molecular flexibility index (Phi) is 4.49. The Balaban J connectivity index is 2.30. The van der Waals surface area contributed by atoms with Gasteiger partial charge in [-0.05, 0) is 37.5 Å². The number of rotatable bonds is 2. The van der Waals surface area contributed by atoms with E-state index in [4.69, 9.17) is 11.6 Å². The second-order valence-electron chi connectivity index (χ2n) is 4.79. The maximum Gasteiger partial charge on any atom is 0.258 e. The van der Waals surface area contributed by atoms with E-state index in [9.17, 15) is 14.7 Å². The van der Waals surface area contributed by atoms with Crippen molar-refractivity contribution >= 4 is 23.4 Å². The fraction of sp³-hybridized carbons (Fsp3) is 0.429. The van der Waals surface area contributed by atoms with Gasteiger partial charge in [-0.2, -0.15) is 0 Å². The molecule has 2 rings (SSSR count). The van der Waals surface area contributed by atoms with E-state index in [2.05, 4.69) is 5.32 Å². The summed E-state index contributed by atoms with van der Waals surface area (Å²) < 4.78 is 0. The molecule has 1 aliphatic heterocycles. The molecule has 20 heavy (non-hydrogen) atoms. The molecule has 0 spiro atoms. The van der Waals surface area contributed by atoms with Crippen LogP contribution < -0.4 is 5.32 Å². The van der Waals surface area contributed by atoms with E-state index in [-0.39, 0.29) is 23.1 Å². The molecule has 0 bridgehead atoms. The number of amides is 2. The van der Waals surface area contributed by atoms with E-state index in [1.165, 1.54) is 23.1 Å². The SMILES string of the molecule is CNC(=O)C1CCCCN1C(=O)c1cc(Cl)ccc1O. The Labute approximate surface area is 122 Å². The van der Waals surface area contributed by atoms with Gasteiger partial charge in [0.1, 0.15) is 11.8 Å². The summed E-state index contributed by atoms with van der Waals surface area (Å²) in [5, 5.41) is 12.8. The fourth-order valence-electron chi connectivity index (χ4n) is 2.45. The second-order valence-corrected chi connectivity index (χ2v) is 5.22. The normalized spacial score (nSPS) is 18.7. The Morgan fingerprint density at radius 3 is 2.85 bits per heavy atom. The average Bonchev–Trinajstić information content (AvgIpc) is 2.48. The van der Waals surface area contributed by atoms with Gasteiger partial charge in [-0.3, -0.25) is 9.59 Å². The highest BCUT2D eigenvalue weighted by Crippen LogP contribution is 2.26. The number of hydrogen-bond donors (Lipinski definition) is 2. The Morgan fingerprint density at radius 2 is 2.15 bits per heavy atom. The smallest absolute Gasteiger partial charge is 0.258 e. The molecule has 1 fully saturated rings. The number of piperidine rings is 1. The maximum absolute atomic E-state index is 12.5. The highest BCUT2D eigenvalue weighted by molar-refractivity contribution is 6.31. The zero-order chi connectivity index (χ0) is 14.7. The minimum absolute atomic E-state index is 0.124. The molecule has 0 radical (unpaired) electrons. The summed E-state index contributed by atoms with van der Waals surface area (Å²) in [6.07, 6.45) is 2.39. The van der Waals surface area contributed by atoms with Gasteiger partial charge in [-0.25, -0.2) is 0 Å². The molecule has 1 aliphatic rings. The van der Waals surface area contributed by atoms with Crippen LogP contribution in [0.1, 0.15) is 29.6 Å². The predicted molar refractivity (Wildman–Crippen MR) is 75.9 cm³/mol. The molecule has 1 heterocycles. The number of halogens is 1. The van der Waals surface area contributed by atoms with Crippen LogP contribution in [0.3, 0.4) is 0 Å². The zero-order valence-electron chi connectivity index (χ0n) is 11.2. The molecule has 1 atom stereocenters. The molecular formula is C14H17ClN2O3. The highest BCUT2D eigenvalue weighted by Gasteiger charge is 2.33. The molecule has 1 aromatic rings. The van der Waals surface area contributed by atoms with Crippen LogP contribution in [-0.4, -0.2) is 41.5 Å². The molecule has 1 saturated heterocycles. The largest absolute Gasteiger partial charge is 0.507 e. The predicted octanol–water partition coefficient (Wildman–Crippen LogP) is 1.79. The van der Waals surface area contributed by atoms with Crippen molar-refractivity contribution in [2.45, 2.75) is 25.3 Å². The topological polar surface area (TPSA) is 69.6 Å². The number of phenols is 1. The Bertz CT molecular complexity index is 533. The molecular weight excluding hydrogens is 280 g/mol. The number of phenolic OH excluding ortho intramolecular Hbond substituents is 1. The van der Waals surface area contributed by atoms with Crippen molar-refractivity contribution in [2.24, 2.45) is 0 Å². The van der Waals surface area contributed by atoms with Gasteiger partial charge < -0.3 is 15.3 Å². The summed E-state index contributed by atoms with van der Waals surface area (Å²) in [5.74, 6) is -0.668. The standard InChI is InChI=1S/C14H17ClN2O3/c1-16-13(19)11-4-2-3-7-17(11)14(20)10-8-9(15)5-6-12(10)18/h5-6,8,11,18H,2-4,7H2,1H3,(H,16,19). The maximum atomic E-state index is 12.5. The second kappa shape index (κ2) is 6.13. The highest BCUT2D eigenvalue weighted by atomic mass is 35.5. The molecule has 6 heteroatoms. The minimum atomic E-state index is -0.486. The zero-order valence-corrected chi connectivity index (χ0v) is 12.0. The summed E-state index contributed by atoms with van der Waals surface area (Å²) in [5.41, 5.74) is 0.133. The summed E-state index contributed by atoms with van der Waals surface area (Å²) in [6.45, 7) is 0.503. The number of carbonyl (C=O) groups excluding carboxylic acids is 2. The van der Waals surface area contributed by atoms with Crippen LogP contribution in [0.2, 0.25) is 5.02 Å². The number of benzene rings is 1. The van der Waals surface area contributed by atoms with Crippen LogP contribution in [0.4, 0.5) is 0 Å². The molecule has 1 aromatic carbocycles. The Hall–Kier alpha value is -1.75.